The van der Waals surface area contributed by atoms with Crippen molar-refractivity contribution in [3.63, 3.8) is 0 Å². The highest BCUT2D eigenvalue weighted by Crippen LogP contribution is 2.18. The minimum Gasteiger partial charge on any atom is -0.494 e. The number of rotatable bonds is 12. The van der Waals surface area contributed by atoms with Gasteiger partial charge < -0.3 is 4.74 Å². The average Bonchev–Trinajstić information content (AvgIpc) is 2.54. The summed E-state index contributed by atoms with van der Waals surface area (Å²) in [4.78, 5) is 11.7. The highest BCUT2D eigenvalue weighted by atomic mass is 32.2. The summed E-state index contributed by atoms with van der Waals surface area (Å²) in [7, 11) is -3.90. The zero-order valence-electron chi connectivity index (χ0n) is 13.9. The van der Waals surface area contributed by atoms with Gasteiger partial charge in [0.05, 0.1) is 11.5 Å². The third-order valence-corrected chi connectivity index (χ3v) is 4.64. The Bertz CT molecular complexity index is 563. The molecular formula is C17H26O5S. The number of benzene rings is 1. The number of ketones is 1. The molecule has 1 aromatic rings. The molecular weight excluding hydrogens is 316 g/mol. The number of hydrogen-bond donors (Lipinski definition) is 0. The summed E-state index contributed by atoms with van der Waals surface area (Å²) in [6, 6.07) is 5.95. The van der Waals surface area contributed by atoms with Crippen molar-refractivity contribution < 1.29 is 22.1 Å². The highest BCUT2D eigenvalue weighted by Gasteiger charge is 2.17. The molecule has 0 aromatic heterocycles. The average molecular weight is 342 g/mol. The summed E-state index contributed by atoms with van der Waals surface area (Å²) in [5.74, 6) is 0.408. The van der Waals surface area contributed by atoms with E-state index in [0.717, 1.165) is 32.1 Å². The quantitative estimate of drug-likeness (QED) is 0.428. The molecule has 0 saturated carbocycles. The molecule has 1 rings (SSSR count). The lowest BCUT2D eigenvalue weighted by atomic mass is 10.1. The lowest BCUT2D eigenvalue weighted by Crippen LogP contribution is -2.14. The van der Waals surface area contributed by atoms with Crippen LogP contribution < -0.4 is 4.74 Å². The molecule has 0 radical (unpaired) electrons. The van der Waals surface area contributed by atoms with Crippen LogP contribution in [-0.2, 0) is 19.1 Å². The second-order valence-electron chi connectivity index (χ2n) is 5.32. The number of ether oxygens (including phenoxy) is 1. The van der Waals surface area contributed by atoms with E-state index in [4.69, 9.17) is 8.92 Å². The van der Waals surface area contributed by atoms with Crippen molar-refractivity contribution in [2.45, 2.75) is 57.3 Å². The Morgan fingerprint density at radius 2 is 1.65 bits per heavy atom. The van der Waals surface area contributed by atoms with Crippen LogP contribution >= 0.6 is 0 Å². The van der Waals surface area contributed by atoms with Gasteiger partial charge in [-0.1, -0.05) is 32.6 Å². The van der Waals surface area contributed by atoms with Gasteiger partial charge in [0.15, 0.2) is 5.78 Å². The standard InChI is InChI=1S/C17H26O5S/c1-3-5-6-7-8-9-15(18)14-22-23(19,20)17-12-10-16(11-13-17)21-4-2/h10-13H,3-9,14H2,1-2H3. The van der Waals surface area contributed by atoms with Crippen LogP contribution in [0, 0.1) is 0 Å². The fourth-order valence-electron chi connectivity index (χ4n) is 2.08. The molecule has 0 aliphatic rings. The molecule has 0 spiro atoms. The molecule has 130 valence electrons. The van der Waals surface area contributed by atoms with Crippen molar-refractivity contribution in [3.05, 3.63) is 24.3 Å². The molecule has 0 amide bonds. The summed E-state index contributed by atoms with van der Waals surface area (Å²) in [6.45, 7) is 4.09. The largest absolute Gasteiger partial charge is 0.494 e. The zero-order valence-corrected chi connectivity index (χ0v) is 14.7. The molecule has 0 aliphatic carbocycles. The van der Waals surface area contributed by atoms with Crippen molar-refractivity contribution in [2.75, 3.05) is 13.2 Å². The SMILES string of the molecule is CCCCCCCC(=O)COS(=O)(=O)c1ccc(OCC)cc1. The van der Waals surface area contributed by atoms with E-state index in [0.29, 0.717) is 18.8 Å². The van der Waals surface area contributed by atoms with E-state index in [2.05, 4.69) is 6.92 Å². The second-order valence-corrected chi connectivity index (χ2v) is 6.94. The van der Waals surface area contributed by atoms with Gasteiger partial charge in [-0.15, -0.1) is 0 Å². The third kappa shape index (κ3) is 7.61. The Kier molecular flexibility index (Phi) is 8.87. The summed E-state index contributed by atoms with van der Waals surface area (Å²) in [5, 5.41) is 0. The molecule has 0 unspecified atom stereocenters. The van der Waals surface area contributed by atoms with E-state index in [9.17, 15) is 13.2 Å². The molecule has 5 nitrogen and oxygen atoms in total. The molecule has 0 bridgehead atoms. The predicted octanol–water partition coefficient (Wildman–Crippen LogP) is 3.72. The fraction of sp³-hybridized carbons (Fsp3) is 0.588. The van der Waals surface area contributed by atoms with Gasteiger partial charge in [-0.2, -0.15) is 8.42 Å². The van der Waals surface area contributed by atoms with E-state index in [1.54, 1.807) is 12.1 Å². The van der Waals surface area contributed by atoms with Crippen molar-refractivity contribution in [1.82, 2.24) is 0 Å². The van der Waals surface area contributed by atoms with Crippen LogP contribution in [0.15, 0.2) is 29.2 Å². The Morgan fingerprint density at radius 1 is 1.00 bits per heavy atom. The van der Waals surface area contributed by atoms with Gasteiger partial charge in [0.1, 0.15) is 12.4 Å². The van der Waals surface area contributed by atoms with E-state index >= 15 is 0 Å². The maximum atomic E-state index is 12.0. The molecule has 0 atom stereocenters. The Morgan fingerprint density at radius 3 is 2.26 bits per heavy atom. The first-order chi connectivity index (χ1) is 11.0. The predicted molar refractivity (Wildman–Crippen MR) is 89.1 cm³/mol. The highest BCUT2D eigenvalue weighted by molar-refractivity contribution is 7.86. The second kappa shape index (κ2) is 10.4. The first kappa shape index (κ1) is 19.6. The van der Waals surface area contributed by atoms with E-state index < -0.39 is 16.7 Å². The molecule has 6 heteroatoms. The molecule has 0 N–H and O–H groups in total. The van der Waals surface area contributed by atoms with Crippen LogP contribution in [0.1, 0.15) is 52.4 Å². The number of carbonyl (C=O) groups is 1. The van der Waals surface area contributed by atoms with Crippen LogP contribution in [0.3, 0.4) is 0 Å². The van der Waals surface area contributed by atoms with Gasteiger partial charge in [-0.05, 0) is 37.6 Å². The van der Waals surface area contributed by atoms with Crippen molar-refractivity contribution in [3.8, 4) is 5.75 Å². The minimum absolute atomic E-state index is 0.0247. The number of carbonyl (C=O) groups excluding carboxylic acids is 1. The molecule has 0 aliphatic heterocycles. The minimum atomic E-state index is -3.90. The Hall–Kier alpha value is -1.40. The maximum absolute atomic E-state index is 12.0. The van der Waals surface area contributed by atoms with Crippen molar-refractivity contribution in [2.24, 2.45) is 0 Å². The lowest BCUT2D eigenvalue weighted by Gasteiger charge is -2.07. The number of hydrogen-bond acceptors (Lipinski definition) is 5. The van der Waals surface area contributed by atoms with E-state index in [1.165, 1.54) is 12.1 Å². The molecule has 1 aromatic carbocycles. The number of Topliss-reactive ketones (excluding diaryl/α,β-unsaturated/α-hetero) is 1. The van der Waals surface area contributed by atoms with Gasteiger partial charge in [0.25, 0.3) is 10.1 Å². The van der Waals surface area contributed by atoms with Crippen molar-refractivity contribution in [1.29, 1.82) is 0 Å². The third-order valence-electron chi connectivity index (χ3n) is 3.36. The Labute approximate surface area is 139 Å². The zero-order chi connectivity index (χ0) is 17.1. The van der Waals surface area contributed by atoms with Crippen molar-refractivity contribution >= 4 is 15.9 Å². The summed E-state index contributed by atoms with van der Waals surface area (Å²) in [6.07, 6.45) is 5.56. The molecule has 0 saturated heterocycles. The fourth-order valence-corrected chi connectivity index (χ4v) is 2.97. The van der Waals surface area contributed by atoms with Gasteiger partial charge in [0, 0.05) is 6.42 Å². The van der Waals surface area contributed by atoms with Gasteiger partial charge in [0.2, 0.25) is 0 Å². The molecule has 23 heavy (non-hydrogen) atoms. The van der Waals surface area contributed by atoms with Gasteiger partial charge >= 0.3 is 0 Å². The maximum Gasteiger partial charge on any atom is 0.297 e. The smallest absolute Gasteiger partial charge is 0.297 e. The van der Waals surface area contributed by atoms with Crippen LogP contribution in [0.25, 0.3) is 0 Å². The van der Waals surface area contributed by atoms with Crippen LogP contribution in [-0.4, -0.2) is 27.4 Å². The molecule has 0 heterocycles. The lowest BCUT2D eigenvalue weighted by molar-refractivity contribution is -0.121. The summed E-state index contributed by atoms with van der Waals surface area (Å²) >= 11 is 0. The molecule has 0 fully saturated rings. The van der Waals surface area contributed by atoms with Crippen LogP contribution in [0.5, 0.6) is 5.75 Å². The Balaban J connectivity index is 2.41. The van der Waals surface area contributed by atoms with E-state index in [-0.39, 0.29) is 10.7 Å². The number of unbranched alkanes of at least 4 members (excludes halogenated alkanes) is 4. The van der Waals surface area contributed by atoms with Gasteiger partial charge in [-0.3, -0.25) is 8.98 Å². The topological polar surface area (TPSA) is 69.7 Å². The first-order valence-corrected chi connectivity index (χ1v) is 9.54. The summed E-state index contributed by atoms with van der Waals surface area (Å²) < 4.78 is 34.1. The van der Waals surface area contributed by atoms with Crippen LogP contribution in [0.4, 0.5) is 0 Å². The normalized spacial score (nSPS) is 11.4. The van der Waals surface area contributed by atoms with E-state index in [1.807, 2.05) is 6.92 Å². The van der Waals surface area contributed by atoms with Crippen LogP contribution in [0.2, 0.25) is 0 Å². The summed E-state index contributed by atoms with van der Waals surface area (Å²) in [5.41, 5.74) is 0. The first-order valence-electron chi connectivity index (χ1n) is 8.13. The van der Waals surface area contributed by atoms with Gasteiger partial charge in [-0.25, -0.2) is 0 Å². The monoisotopic (exact) mass is 342 g/mol.